The number of rotatable bonds is 3. The Bertz CT molecular complexity index is 466. The van der Waals surface area contributed by atoms with Crippen LogP contribution in [0.25, 0.3) is 0 Å². The highest BCUT2D eigenvalue weighted by Crippen LogP contribution is 2.26. The lowest BCUT2D eigenvalue weighted by Crippen LogP contribution is -2.36. The van der Waals surface area contributed by atoms with Crippen LogP contribution in [0.3, 0.4) is 0 Å². The fraction of sp³-hybridized carbons (Fsp3) is 0.500. The molecular formula is C14H17NO3. The van der Waals surface area contributed by atoms with Crippen molar-refractivity contribution in [1.29, 1.82) is 0 Å². The second-order valence-electron chi connectivity index (χ2n) is 4.92. The maximum atomic E-state index is 11.3. The molecule has 2 aliphatic rings. The largest absolute Gasteiger partial charge is 0.489 e. The topological polar surface area (TPSA) is 47.6 Å². The maximum absolute atomic E-state index is 11.3. The van der Waals surface area contributed by atoms with Crippen molar-refractivity contribution < 1.29 is 14.3 Å². The quantitative estimate of drug-likeness (QED) is 0.828. The summed E-state index contributed by atoms with van der Waals surface area (Å²) in [7, 11) is 0. The molecule has 96 valence electrons. The summed E-state index contributed by atoms with van der Waals surface area (Å²) in [6.45, 7) is 3.52. The molecule has 0 aliphatic carbocycles. The van der Waals surface area contributed by atoms with Crippen molar-refractivity contribution in [2.24, 2.45) is 0 Å². The first kappa shape index (κ1) is 11.5. The fourth-order valence-corrected chi connectivity index (χ4v) is 2.59. The van der Waals surface area contributed by atoms with Crippen molar-refractivity contribution in [3.8, 4) is 5.75 Å². The van der Waals surface area contributed by atoms with E-state index in [-0.39, 0.29) is 12.1 Å². The van der Waals surface area contributed by atoms with Gasteiger partial charge in [0.1, 0.15) is 18.5 Å². The third-order valence-corrected chi connectivity index (χ3v) is 3.64. The number of hydrogen-bond donors (Lipinski definition) is 1. The Morgan fingerprint density at radius 1 is 1.50 bits per heavy atom. The molecule has 0 bridgehead atoms. The molecule has 0 amide bonds. The van der Waals surface area contributed by atoms with E-state index in [1.54, 1.807) is 6.07 Å². The SMILES string of the molecule is CC(Oc1ccc2c(c1)COC2=O)[C@@H]1CCCN1. The van der Waals surface area contributed by atoms with Crippen molar-refractivity contribution in [2.45, 2.75) is 38.5 Å². The van der Waals surface area contributed by atoms with Gasteiger partial charge >= 0.3 is 5.97 Å². The molecule has 2 atom stereocenters. The lowest BCUT2D eigenvalue weighted by atomic mass is 10.1. The predicted molar refractivity (Wildman–Crippen MR) is 66.7 cm³/mol. The summed E-state index contributed by atoms with van der Waals surface area (Å²) in [4.78, 5) is 11.3. The van der Waals surface area contributed by atoms with Crippen LogP contribution < -0.4 is 10.1 Å². The summed E-state index contributed by atoms with van der Waals surface area (Å²) in [5, 5.41) is 3.43. The molecule has 1 aromatic carbocycles. The molecule has 0 aromatic heterocycles. The summed E-state index contributed by atoms with van der Waals surface area (Å²) in [6.07, 6.45) is 2.52. The van der Waals surface area contributed by atoms with Gasteiger partial charge in [0, 0.05) is 11.6 Å². The molecule has 1 unspecified atom stereocenters. The first-order valence-corrected chi connectivity index (χ1v) is 6.44. The molecule has 2 heterocycles. The summed E-state index contributed by atoms with van der Waals surface area (Å²) in [5.41, 5.74) is 1.58. The highest BCUT2D eigenvalue weighted by atomic mass is 16.5. The highest BCUT2D eigenvalue weighted by molar-refractivity contribution is 5.93. The lowest BCUT2D eigenvalue weighted by Gasteiger charge is -2.21. The lowest BCUT2D eigenvalue weighted by molar-refractivity contribution is 0.0535. The third kappa shape index (κ3) is 2.08. The van der Waals surface area contributed by atoms with Crippen LogP contribution in [0.4, 0.5) is 0 Å². The Balaban J connectivity index is 1.71. The molecule has 1 aromatic rings. The Labute approximate surface area is 106 Å². The first-order valence-electron chi connectivity index (χ1n) is 6.44. The third-order valence-electron chi connectivity index (χ3n) is 3.64. The molecular weight excluding hydrogens is 230 g/mol. The van der Waals surface area contributed by atoms with Crippen LogP contribution in [-0.2, 0) is 11.3 Å². The number of carbonyl (C=O) groups excluding carboxylic acids is 1. The predicted octanol–water partition coefficient (Wildman–Crippen LogP) is 1.88. The number of hydrogen-bond acceptors (Lipinski definition) is 4. The van der Waals surface area contributed by atoms with Crippen molar-refractivity contribution in [2.75, 3.05) is 6.54 Å². The summed E-state index contributed by atoms with van der Waals surface area (Å²) in [5.74, 6) is 0.579. The number of esters is 1. The second kappa shape index (κ2) is 4.61. The number of ether oxygens (including phenoxy) is 2. The van der Waals surface area contributed by atoms with E-state index in [0.717, 1.165) is 24.3 Å². The van der Waals surface area contributed by atoms with Gasteiger partial charge in [-0.15, -0.1) is 0 Å². The Morgan fingerprint density at radius 3 is 3.17 bits per heavy atom. The molecule has 18 heavy (non-hydrogen) atoms. The average Bonchev–Trinajstić information content (AvgIpc) is 2.99. The summed E-state index contributed by atoms with van der Waals surface area (Å²) in [6, 6.07) is 5.97. The van der Waals surface area contributed by atoms with Gasteiger partial charge in [-0.3, -0.25) is 0 Å². The van der Waals surface area contributed by atoms with E-state index in [4.69, 9.17) is 9.47 Å². The first-order chi connectivity index (χ1) is 8.74. The fourth-order valence-electron chi connectivity index (χ4n) is 2.59. The van der Waals surface area contributed by atoms with Crippen LogP contribution in [0.5, 0.6) is 5.75 Å². The Hall–Kier alpha value is -1.55. The van der Waals surface area contributed by atoms with Crippen molar-refractivity contribution in [3.05, 3.63) is 29.3 Å². The van der Waals surface area contributed by atoms with Gasteiger partial charge < -0.3 is 14.8 Å². The van der Waals surface area contributed by atoms with Crippen LogP contribution >= 0.6 is 0 Å². The number of carbonyl (C=O) groups is 1. The van der Waals surface area contributed by atoms with E-state index < -0.39 is 0 Å². The monoisotopic (exact) mass is 247 g/mol. The molecule has 0 saturated carbocycles. The summed E-state index contributed by atoms with van der Waals surface area (Å²) < 4.78 is 10.9. The average molecular weight is 247 g/mol. The molecule has 0 radical (unpaired) electrons. The smallest absolute Gasteiger partial charge is 0.338 e. The second-order valence-corrected chi connectivity index (χ2v) is 4.92. The summed E-state index contributed by atoms with van der Waals surface area (Å²) >= 11 is 0. The Kier molecular flexibility index (Phi) is 2.96. The zero-order valence-electron chi connectivity index (χ0n) is 10.4. The normalized spacial score (nSPS) is 23.6. The Morgan fingerprint density at radius 2 is 2.39 bits per heavy atom. The van der Waals surface area contributed by atoms with Crippen molar-refractivity contribution in [3.63, 3.8) is 0 Å². The van der Waals surface area contributed by atoms with Gasteiger partial charge in [-0.2, -0.15) is 0 Å². The highest BCUT2D eigenvalue weighted by Gasteiger charge is 2.24. The van der Waals surface area contributed by atoms with Gasteiger partial charge in [-0.25, -0.2) is 4.79 Å². The number of cyclic esters (lactones) is 1. The minimum Gasteiger partial charge on any atom is -0.489 e. The van der Waals surface area contributed by atoms with E-state index in [1.165, 1.54) is 6.42 Å². The molecule has 1 N–H and O–H groups in total. The van der Waals surface area contributed by atoms with E-state index in [9.17, 15) is 4.79 Å². The molecule has 1 saturated heterocycles. The minimum atomic E-state index is -0.234. The van der Waals surface area contributed by atoms with Crippen LogP contribution in [0.15, 0.2) is 18.2 Å². The number of fused-ring (bicyclic) bond motifs is 1. The van der Waals surface area contributed by atoms with E-state index in [0.29, 0.717) is 18.2 Å². The van der Waals surface area contributed by atoms with Gasteiger partial charge in [-0.1, -0.05) is 0 Å². The van der Waals surface area contributed by atoms with E-state index in [2.05, 4.69) is 12.2 Å². The van der Waals surface area contributed by atoms with Crippen LogP contribution in [0.1, 0.15) is 35.7 Å². The molecule has 0 spiro atoms. The molecule has 4 nitrogen and oxygen atoms in total. The molecule has 4 heteroatoms. The van der Waals surface area contributed by atoms with Gasteiger partial charge in [-0.05, 0) is 44.5 Å². The van der Waals surface area contributed by atoms with Crippen LogP contribution in [-0.4, -0.2) is 24.7 Å². The van der Waals surface area contributed by atoms with Gasteiger partial charge in [0.05, 0.1) is 5.56 Å². The zero-order chi connectivity index (χ0) is 12.5. The van der Waals surface area contributed by atoms with Crippen molar-refractivity contribution in [1.82, 2.24) is 5.32 Å². The number of nitrogens with one attached hydrogen (secondary N) is 1. The zero-order valence-corrected chi connectivity index (χ0v) is 10.4. The van der Waals surface area contributed by atoms with E-state index in [1.807, 2.05) is 12.1 Å². The maximum Gasteiger partial charge on any atom is 0.338 e. The van der Waals surface area contributed by atoms with Crippen molar-refractivity contribution >= 4 is 5.97 Å². The van der Waals surface area contributed by atoms with Gasteiger partial charge in [0.15, 0.2) is 0 Å². The van der Waals surface area contributed by atoms with Crippen LogP contribution in [0.2, 0.25) is 0 Å². The molecule has 3 rings (SSSR count). The van der Waals surface area contributed by atoms with Crippen LogP contribution in [0, 0.1) is 0 Å². The standard InChI is InChI=1S/C14H17NO3/c1-9(13-3-2-6-15-13)18-11-4-5-12-10(7-11)8-17-14(12)16/h4-5,7,9,13,15H,2-3,6,8H2,1H3/t9?,13-/m0/s1. The minimum absolute atomic E-state index is 0.142. The molecule has 2 aliphatic heterocycles. The van der Waals surface area contributed by atoms with Gasteiger partial charge in [0.2, 0.25) is 0 Å². The number of benzene rings is 1. The van der Waals surface area contributed by atoms with E-state index >= 15 is 0 Å². The molecule has 1 fully saturated rings. The van der Waals surface area contributed by atoms with Gasteiger partial charge in [0.25, 0.3) is 0 Å².